The number of ketones is 1. The number of benzene rings is 2. The highest BCUT2D eigenvalue weighted by atomic mass is 35.5. The molecular weight excluding hydrogens is 333 g/mol. The van der Waals surface area contributed by atoms with Gasteiger partial charge in [-0.2, -0.15) is 0 Å². The van der Waals surface area contributed by atoms with Gasteiger partial charge in [0, 0.05) is 21.6 Å². The molecule has 0 aliphatic heterocycles. The molecule has 2 aromatic carbocycles. The van der Waals surface area contributed by atoms with Crippen molar-refractivity contribution >= 4 is 40.6 Å². The number of anilines is 1. The Balaban J connectivity index is 2.46. The Morgan fingerprint density at radius 3 is 2.22 bits per heavy atom. The molecule has 1 amide bonds. The Morgan fingerprint density at radius 1 is 0.957 bits per heavy atom. The van der Waals surface area contributed by atoms with Gasteiger partial charge in [-0.05, 0) is 30.3 Å². The van der Waals surface area contributed by atoms with Crippen LogP contribution in [0.3, 0.4) is 0 Å². The molecule has 0 unspecified atom stereocenters. The van der Waals surface area contributed by atoms with Gasteiger partial charge in [-0.15, -0.1) is 0 Å². The van der Waals surface area contributed by atoms with Gasteiger partial charge in [-0.1, -0.05) is 56.1 Å². The molecule has 0 atom stereocenters. The first kappa shape index (κ1) is 17.5. The molecule has 0 radical (unpaired) electrons. The predicted octanol–water partition coefficient (Wildman–Crippen LogP) is 5.21. The van der Waals surface area contributed by atoms with Crippen LogP contribution in [0.25, 0.3) is 0 Å². The lowest BCUT2D eigenvalue weighted by Gasteiger charge is -2.19. The van der Waals surface area contributed by atoms with Crippen LogP contribution in [0.5, 0.6) is 0 Å². The van der Waals surface area contributed by atoms with E-state index in [4.69, 9.17) is 23.2 Å². The second-order valence-electron chi connectivity index (χ2n) is 6.20. The summed E-state index contributed by atoms with van der Waals surface area (Å²) >= 11 is 12.1. The van der Waals surface area contributed by atoms with Crippen LogP contribution in [0.4, 0.5) is 5.69 Å². The summed E-state index contributed by atoms with van der Waals surface area (Å²) in [5.41, 5.74) is 0.509. The number of amides is 1. The summed E-state index contributed by atoms with van der Waals surface area (Å²) in [7, 11) is 0. The standard InChI is InChI=1S/C18H17Cl2NO2/c1-18(2,3)17(23)21-15-9-8-11(19)10-13(15)16(22)12-6-4-5-7-14(12)20/h4-10H,1-3H3,(H,21,23). The zero-order valence-corrected chi connectivity index (χ0v) is 14.6. The maximum Gasteiger partial charge on any atom is 0.229 e. The van der Waals surface area contributed by atoms with E-state index in [1.807, 2.05) is 0 Å². The molecule has 0 fully saturated rings. The maximum absolute atomic E-state index is 12.8. The van der Waals surface area contributed by atoms with Crippen LogP contribution in [0, 0.1) is 5.41 Å². The SMILES string of the molecule is CC(C)(C)C(=O)Nc1ccc(Cl)cc1C(=O)c1ccccc1Cl. The van der Waals surface area contributed by atoms with Crippen molar-refractivity contribution in [3.05, 3.63) is 63.6 Å². The number of rotatable bonds is 3. The molecule has 2 rings (SSSR count). The molecule has 0 aliphatic carbocycles. The minimum Gasteiger partial charge on any atom is -0.325 e. The van der Waals surface area contributed by atoms with Crippen LogP contribution in [0.15, 0.2) is 42.5 Å². The number of hydrogen-bond acceptors (Lipinski definition) is 2. The zero-order valence-electron chi connectivity index (χ0n) is 13.1. The van der Waals surface area contributed by atoms with Crippen molar-refractivity contribution in [3.63, 3.8) is 0 Å². The highest BCUT2D eigenvalue weighted by Gasteiger charge is 2.24. The van der Waals surface area contributed by atoms with E-state index in [1.54, 1.807) is 57.2 Å². The summed E-state index contributed by atoms with van der Waals surface area (Å²) in [6.45, 7) is 5.40. The topological polar surface area (TPSA) is 46.2 Å². The summed E-state index contributed by atoms with van der Waals surface area (Å²) in [4.78, 5) is 25.0. The second kappa shape index (κ2) is 6.73. The van der Waals surface area contributed by atoms with Crippen LogP contribution in [0.1, 0.15) is 36.7 Å². The molecule has 120 valence electrons. The fraction of sp³-hybridized carbons (Fsp3) is 0.222. The quantitative estimate of drug-likeness (QED) is 0.773. The Kier molecular flexibility index (Phi) is 5.12. The highest BCUT2D eigenvalue weighted by Crippen LogP contribution is 2.28. The van der Waals surface area contributed by atoms with Crippen LogP contribution in [0.2, 0.25) is 10.0 Å². The van der Waals surface area contributed by atoms with Crippen LogP contribution in [-0.2, 0) is 4.79 Å². The predicted molar refractivity (Wildman–Crippen MR) is 94.4 cm³/mol. The van der Waals surface area contributed by atoms with Gasteiger partial charge in [0.05, 0.1) is 10.7 Å². The number of hydrogen-bond donors (Lipinski definition) is 1. The van der Waals surface area contributed by atoms with E-state index in [2.05, 4.69) is 5.32 Å². The summed E-state index contributed by atoms with van der Waals surface area (Å²) in [5.74, 6) is -0.477. The zero-order chi connectivity index (χ0) is 17.2. The van der Waals surface area contributed by atoms with Crippen LogP contribution < -0.4 is 5.32 Å². The largest absolute Gasteiger partial charge is 0.325 e. The van der Waals surface area contributed by atoms with E-state index >= 15 is 0 Å². The van der Waals surface area contributed by atoms with E-state index in [0.29, 0.717) is 26.9 Å². The van der Waals surface area contributed by atoms with E-state index in [1.165, 1.54) is 6.07 Å². The highest BCUT2D eigenvalue weighted by molar-refractivity contribution is 6.36. The van der Waals surface area contributed by atoms with E-state index < -0.39 is 5.41 Å². The third-order valence-electron chi connectivity index (χ3n) is 3.27. The lowest BCUT2D eigenvalue weighted by atomic mass is 9.95. The average Bonchev–Trinajstić information content (AvgIpc) is 2.48. The molecule has 0 bridgehead atoms. The van der Waals surface area contributed by atoms with Crippen molar-refractivity contribution in [3.8, 4) is 0 Å². The first-order valence-corrected chi connectivity index (χ1v) is 7.86. The molecule has 0 saturated carbocycles. The fourth-order valence-corrected chi connectivity index (χ4v) is 2.31. The van der Waals surface area contributed by atoms with Crippen molar-refractivity contribution in [2.24, 2.45) is 5.41 Å². The summed E-state index contributed by atoms with van der Waals surface area (Å²) < 4.78 is 0. The smallest absolute Gasteiger partial charge is 0.229 e. The molecule has 0 aliphatic rings. The van der Waals surface area contributed by atoms with Gasteiger partial charge in [-0.3, -0.25) is 9.59 Å². The molecule has 0 spiro atoms. The summed E-state index contributed by atoms with van der Waals surface area (Å²) in [5, 5.41) is 3.55. The Hall–Kier alpha value is -1.84. The maximum atomic E-state index is 12.8. The first-order valence-electron chi connectivity index (χ1n) is 7.10. The molecule has 0 saturated heterocycles. The van der Waals surface area contributed by atoms with Gasteiger partial charge in [-0.25, -0.2) is 0 Å². The molecule has 23 heavy (non-hydrogen) atoms. The van der Waals surface area contributed by atoms with E-state index in [-0.39, 0.29) is 11.7 Å². The molecule has 3 nitrogen and oxygen atoms in total. The third-order valence-corrected chi connectivity index (χ3v) is 3.84. The van der Waals surface area contributed by atoms with Gasteiger partial charge in [0.25, 0.3) is 0 Å². The minimum absolute atomic E-state index is 0.187. The van der Waals surface area contributed by atoms with Gasteiger partial charge >= 0.3 is 0 Å². The molecule has 5 heteroatoms. The summed E-state index contributed by atoms with van der Waals surface area (Å²) in [6.07, 6.45) is 0. The van der Waals surface area contributed by atoms with Crippen molar-refractivity contribution < 1.29 is 9.59 Å². The minimum atomic E-state index is -0.579. The average molecular weight is 350 g/mol. The van der Waals surface area contributed by atoms with Crippen molar-refractivity contribution in [2.45, 2.75) is 20.8 Å². The Labute approximate surface area is 145 Å². The van der Waals surface area contributed by atoms with Crippen molar-refractivity contribution in [1.82, 2.24) is 0 Å². The van der Waals surface area contributed by atoms with Gasteiger partial charge in [0.1, 0.15) is 0 Å². The molecule has 0 heterocycles. The number of carbonyl (C=O) groups excluding carboxylic acids is 2. The van der Waals surface area contributed by atoms with E-state index in [9.17, 15) is 9.59 Å². The van der Waals surface area contributed by atoms with Crippen molar-refractivity contribution in [1.29, 1.82) is 0 Å². The second-order valence-corrected chi connectivity index (χ2v) is 7.05. The van der Waals surface area contributed by atoms with Gasteiger partial charge < -0.3 is 5.32 Å². The molecule has 1 N–H and O–H groups in total. The van der Waals surface area contributed by atoms with Gasteiger partial charge in [0.2, 0.25) is 5.91 Å². The van der Waals surface area contributed by atoms with Crippen LogP contribution in [-0.4, -0.2) is 11.7 Å². The lowest BCUT2D eigenvalue weighted by Crippen LogP contribution is -2.28. The summed E-state index contributed by atoms with van der Waals surface area (Å²) in [6, 6.07) is 11.6. The number of nitrogens with one attached hydrogen (secondary N) is 1. The fourth-order valence-electron chi connectivity index (χ4n) is 1.91. The number of carbonyl (C=O) groups is 2. The van der Waals surface area contributed by atoms with E-state index in [0.717, 1.165) is 0 Å². The normalized spacial score (nSPS) is 11.2. The first-order chi connectivity index (χ1) is 10.7. The molecule has 2 aromatic rings. The molecular formula is C18H17Cl2NO2. The Bertz CT molecular complexity index is 764. The number of halogens is 2. The van der Waals surface area contributed by atoms with Crippen molar-refractivity contribution in [2.75, 3.05) is 5.32 Å². The Morgan fingerprint density at radius 2 is 1.61 bits per heavy atom. The third kappa shape index (κ3) is 4.12. The lowest BCUT2D eigenvalue weighted by molar-refractivity contribution is -0.123. The monoisotopic (exact) mass is 349 g/mol. The molecule has 0 aromatic heterocycles. The van der Waals surface area contributed by atoms with Gasteiger partial charge in [0.15, 0.2) is 5.78 Å². The van der Waals surface area contributed by atoms with Crippen LogP contribution >= 0.6 is 23.2 Å².